The van der Waals surface area contributed by atoms with E-state index in [0.717, 1.165) is 31.9 Å². The quantitative estimate of drug-likeness (QED) is 0.715. The molecule has 16 heavy (non-hydrogen) atoms. The number of hydrogen-bond donors (Lipinski definition) is 1. The summed E-state index contributed by atoms with van der Waals surface area (Å²) in [5, 5.41) is 3.17. The second-order valence-electron chi connectivity index (χ2n) is 4.82. The first-order chi connectivity index (χ1) is 7.64. The van der Waals surface area contributed by atoms with E-state index in [2.05, 4.69) is 24.1 Å². The summed E-state index contributed by atoms with van der Waals surface area (Å²) in [5.41, 5.74) is 1.28. The summed E-state index contributed by atoms with van der Waals surface area (Å²) in [6.45, 7) is 6.88. The van der Waals surface area contributed by atoms with E-state index in [-0.39, 0.29) is 5.41 Å². The number of aromatic nitrogens is 1. The van der Waals surface area contributed by atoms with Gasteiger partial charge in [0, 0.05) is 30.3 Å². The molecule has 1 aromatic heterocycles. The Hall–Kier alpha value is -0.930. The zero-order chi connectivity index (χ0) is 11.9. The smallest absolute Gasteiger partial charge is 0.0529 e. The molecule has 90 valence electrons. The third kappa shape index (κ3) is 5.24. The van der Waals surface area contributed by atoms with E-state index in [4.69, 9.17) is 4.74 Å². The highest BCUT2D eigenvalue weighted by Gasteiger charge is 2.16. The fourth-order valence-corrected chi connectivity index (χ4v) is 1.60. The Kier molecular flexibility index (Phi) is 5.43. The molecule has 1 rings (SSSR count). The van der Waals surface area contributed by atoms with Gasteiger partial charge in [0.2, 0.25) is 0 Å². The van der Waals surface area contributed by atoms with Crippen molar-refractivity contribution in [2.75, 3.05) is 26.8 Å². The molecule has 0 radical (unpaired) electrons. The van der Waals surface area contributed by atoms with Gasteiger partial charge in [-0.25, -0.2) is 0 Å². The molecule has 1 heterocycles. The summed E-state index contributed by atoms with van der Waals surface area (Å²) in [6.07, 6.45) is 2.71. The highest BCUT2D eigenvalue weighted by Crippen LogP contribution is 2.13. The molecule has 0 spiro atoms. The summed E-state index contributed by atoms with van der Waals surface area (Å²) in [4.78, 5) is 4.26. The van der Waals surface area contributed by atoms with Gasteiger partial charge in [-0.2, -0.15) is 0 Å². The molecule has 0 aromatic carbocycles. The third-order valence-electron chi connectivity index (χ3n) is 2.38. The van der Waals surface area contributed by atoms with Crippen LogP contribution in [-0.4, -0.2) is 31.8 Å². The Morgan fingerprint density at radius 1 is 1.38 bits per heavy atom. The van der Waals surface area contributed by atoms with Crippen LogP contribution in [0.2, 0.25) is 0 Å². The largest absolute Gasteiger partial charge is 0.380 e. The highest BCUT2D eigenvalue weighted by molar-refractivity contribution is 5.03. The van der Waals surface area contributed by atoms with Crippen molar-refractivity contribution < 1.29 is 4.74 Å². The summed E-state index contributed by atoms with van der Waals surface area (Å²) in [7, 11) is 1.97. The van der Waals surface area contributed by atoms with Gasteiger partial charge in [0.25, 0.3) is 0 Å². The molecule has 0 saturated heterocycles. The molecule has 0 aliphatic carbocycles. The molecule has 0 atom stereocenters. The molecule has 1 N–H and O–H groups in total. The minimum Gasteiger partial charge on any atom is -0.380 e. The molecule has 3 heteroatoms. The fraction of sp³-hybridized carbons (Fsp3) is 0.615. The SMILES string of the molecule is CNCC(C)(C)COCCc1ccccn1. The minimum absolute atomic E-state index is 0.193. The highest BCUT2D eigenvalue weighted by atomic mass is 16.5. The van der Waals surface area contributed by atoms with Crippen molar-refractivity contribution in [1.29, 1.82) is 0 Å². The van der Waals surface area contributed by atoms with Crippen LogP contribution in [0.4, 0.5) is 0 Å². The Bertz CT molecular complexity index is 285. The van der Waals surface area contributed by atoms with Crippen LogP contribution in [0.25, 0.3) is 0 Å². The zero-order valence-corrected chi connectivity index (χ0v) is 10.5. The van der Waals surface area contributed by atoms with Crippen molar-refractivity contribution in [2.24, 2.45) is 5.41 Å². The van der Waals surface area contributed by atoms with Crippen molar-refractivity contribution in [2.45, 2.75) is 20.3 Å². The molecule has 0 bridgehead atoms. The number of nitrogens with one attached hydrogen (secondary N) is 1. The lowest BCUT2D eigenvalue weighted by Gasteiger charge is -2.23. The molecule has 0 amide bonds. The van der Waals surface area contributed by atoms with Crippen LogP contribution < -0.4 is 5.32 Å². The maximum absolute atomic E-state index is 5.67. The number of hydrogen-bond acceptors (Lipinski definition) is 3. The van der Waals surface area contributed by atoms with Crippen LogP contribution in [-0.2, 0) is 11.2 Å². The van der Waals surface area contributed by atoms with Gasteiger partial charge in [-0.1, -0.05) is 19.9 Å². The van der Waals surface area contributed by atoms with Crippen LogP contribution >= 0.6 is 0 Å². The van der Waals surface area contributed by atoms with E-state index in [1.807, 2.05) is 31.4 Å². The minimum atomic E-state index is 0.193. The number of nitrogens with zero attached hydrogens (tertiary/aromatic N) is 1. The lowest BCUT2D eigenvalue weighted by Crippen LogP contribution is -2.31. The Morgan fingerprint density at radius 2 is 2.19 bits per heavy atom. The van der Waals surface area contributed by atoms with Gasteiger partial charge < -0.3 is 10.1 Å². The molecule has 3 nitrogen and oxygen atoms in total. The third-order valence-corrected chi connectivity index (χ3v) is 2.38. The predicted octanol–water partition coefficient (Wildman–Crippen LogP) is 1.89. The molecule has 0 unspecified atom stereocenters. The van der Waals surface area contributed by atoms with Gasteiger partial charge in [0.05, 0.1) is 13.2 Å². The topological polar surface area (TPSA) is 34.1 Å². The molecule has 0 saturated carbocycles. The number of pyridine rings is 1. The average Bonchev–Trinajstić information content (AvgIpc) is 2.26. The predicted molar refractivity (Wildman–Crippen MR) is 66.5 cm³/mol. The van der Waals surface area contributed by atoms with Crippen LogP contribution in [0.3, 0.4) is 0 Å². The van der Waals surface area contributed by atoms with E-state index in [1.165, 1.54) is 0 Å². The van der Waals surface area contributed by atoms with Crippen LogP contribution in [0, 0.1) is 5.41 Å². The molecular formula is C13H22N2O. The molecule has 0 fully saturated rings. The number of ether oxygens (including phenoxy) is 1. The van der Waals surface area contributed by atoms with Crippen molar-refractivity contribution in [3.8, 4) is 0 Å². The first-order valence-corrected chi connectivity index (χ1v) is 5.76. The normalized spacial score (nSPS) is 11.7. The van der Waals surface area contributed by atoms with E-state index in [1.54, 1.807) is 0 Å². The Balaban J connectivity index is 2.17. The molecule has 0 aliphatic rings. The average molecular weight is 222 g/mol. The van der Waals surface area contributed by atoms with Crippen LogP contribution in [0.1, 0.15) is 19.5 Å². The summed E-state index contributed by atoms with van der Waals surface area (Å²) in [5.74, 6) is 0. The maximum atomic E-state index is 5.67. The molecule has 0 aliphatic heterocycles. The second kappa shape index (κ2) is 6.61. The Morgan fingerprint density at radius 3 is 2.81 bits per heavy atom. The Labute approximate surface area is 98.2 Å². The van der Waals surface area contributed by atoms with Crippen molar-refractivity contribution in [3.05, 3.63) is 30.1 Å². The standard InChI is InChI=1S/C13H22N2O/c1-13(2,10-14-3)11-16-9-7-12-6-4-5-8-15-12/h4-6,8,14H,7,9-11H2,1-3H3. The molecular weight excluding hydrogens is 200 g/mol. The first kappa shape index (κ1) is 13.1. The van der Waals surface area contributed by atoms with Gasteiger partial charge >= 0.3 is 0 Å². The first-order valence-electron chi connectivity index (χ1n) is 5.76. The van der Waals surface area contributed by atoms with E-state index >= 15 is 0 Å². The second-order valence-corrected chi connectivity index (χ2v) is 4.82. The van der Waals surface area contributed by atoms with E-state index in [0.29, 0.717) is 0 Å². The van der Waals surface area contributed by atoms with Gasteiger partial charge in [-0.15, -0.1) is 0 Å². The fourth-order valence-electron chi connectivity index (χ4n) is 1.60. The van der Waals surface area contributed by atoms with Gasteiger partial charge in [0.1, 0.15) is 0 Å². The monoisotopic (exact) mass is 222 g/mol. The van der Waals surface area contributed by atoms with E-state index in [9.17, 15) is 0 Å². The van der Waals surface area contributed by atoms with Crippen molar-refractivity contribution in [1.82, 2.24) is 10.3 Å². The molecule has 1 aromatic rings. The lowest BCUT2D eigenvalue weighted by atomic mass is 9.95. The number of rotatable bonds is 7. The zero-order valence-electron chi connectivity index (χ0n) is 10.5. The van der Waals surface area contributed by atoms with Crippen LogP contribution in [0.15, 0.2) is 24.4 Å². The van der Waals surface area contributed by atoms with Gasteiger partial charge in [-0.3, -0.25) is 4.98 Å². The van der Waals surface area contributed by atoms with E-state index < -0.39 is 0 Å². The van der Waals surface area contributed by atoms with Gasteiger partial charge in [-0.05, 0) is 19.2 Å². The summed E-state index contributed by atoms with van der Waals surface area (Å²) < 4.78 is 5.67. The van der Waals surface area contributed by atoms with Crippen molar-refractivity contribution >= 4 is 0 Å². The maximum Gasteiger partial charge on any atom is 0.0529 e. The van der Waals surface area contributed by atoms with Crippen molar-refractivity contribution in [3.63, 3.8) is 0 Å². The lowest BCUT2D eigenvalue weighted by molar-refractivity contribution is 0.0646. The summed E-state index contributed by atoms with van der Waals surface area (Å²) in [6, 6.07) is 5.97. The van der Waals surface area contributed by atoms with Gasteiger partial charge in [0.15, 0.2) is 0 Å². The summed E-state index contributed by atoms with van der Waals surface area (Å²) >= 11 is 0. The van der Waals surface area contributed by atoms with Crippen LogP contribution in [0.5, 0.6) is 0 Å².